The van der Waals surface area contributed by atoms with E-state index in [-0.39, 0.29) is 0 Å². The zero-order chi connectivity index (χ0) is 10.1. The lowest BCUT2D eigenvalue weighted by molar-refractivity contribution is 0.891. The highest BCUT2D eigenvalue weighted by atomic mass is 35.5. The van der Waals surface area contributed by atoms with E-state index in [0.717, 1.165) is 5.69 Å². The molecule has 2 aromatic rings. The first-order valence-electron chi connectivity index (χ1n) is 3.93. The molecule has 1 aromatic heterocycles. The Kier molecular flexibility index (Phi) is 2.35. The summed E-state index contributed by atoms with van der Waals surface area (Å²) in [6.45, 7) is 0. The standard InChI is InChI=1S/C9H7Cl2N3/c10-7-2-1-6(5-8(7)11)14-9(12)3-4-13-14/h1-5H,12H2. The highest BCUT2D eigenvalue weighted by molar-refractivity contribution is 6.42. The van der Waals surface area contributed by atoms with Gasteiger partial charge in [-0.3, -0.25) is 0 Å². The van der Waals surface area contributed by atoms with E-state index in [1.807, 2.05) is 0 Å². The molecule has 0 aliphatic heterocycles. The van der Waals surface area contributed by atoms with Crippen molar-refractivity contribution in [2.45, 2.75) is 0 Å². The van der Waals surface area contributed by atoms with E-state index in [9.17, 15) is 0 Å². The zero-order valence-corrected chi connectivity index (χ0v) is 8.63. The van der Waals surface area contributed by atoms with E-state index >= 15 is 0 Å². The van der Waals surface area contributed by atoms with E-state index in [4.69, 9.17) is 28.9 Å². The average Bonchev–Trinajstić information content (AvgIpc) is 2.57. The van der Waals surface area contributed by atoms with Crippen molar-refractivity contribution in [1.29, 1.82) is 0 Å². The Hall–Kier alpha value is -1.19. The number of nitrogens with two attached hydrogens (primary N) is 1. The fraction of sp³-hybridized carbons (Fsp3) is 0. The van der Waals surface area contributed by atoms with Crippen LogP contribution in [0.4, 0.5) is 5.82 Å². The van der Waals surface area contributed by atoms with Crippen LogP contribution in [-0.2, 0) is 0 Å². The van der Waals surface area contributed by atoms with Crippen molar-refractivity contribution < 1.29 is 0 Å². The maximum atomic E-state index is 5.87. The van der Waals surface area contributed by atoms with Crippen molar-refractivity contribution in [2.24, 2.45) is 0 Å². The Labute approximate surface area is 91.0 Å². The molecule has 0 radical (unpaired) electrons. The maximum absolute atomic E-state index is 5.87. The lowest BCUT2D eigenvalue weighted by atomic mass is 10.3. The van der Waals surface area contributed by atoms with Gasteiger partial charge in [-0.15, -0.1) is 0 Å². The summed E-state index contributed by atoms with van der Waals surface area (Å²) < 4.78 is 1.59. The number of nitrogen functional groups attached to an aromatic ring is 1. The molecule has 0 amide bonds. The summed E-state index contributed by atoms with van der Waals surface area (Å²) >= 11 is 11.7. The molecule has 0 saturated carbocycles. The van der Waals surface area contributed by atoms with E-state index in [2.05, 4.69) is 5.10 Å². The summed E-state index contributed by atoms with van der Waals surface area (Å²) in [7, 11) is 0. The molecule has 0 bridgehead atoms. The molecule has 1 aromatic carbocycles. The van der Waals surface area contributed by atoms with Crippen LogP contribution < -0.4 is 5.73 Å². The molecular formula is C9H7Cl2N3. The highest BCUT2D eigenvalue weighted by Crippen LogP contribution is 2.24. The number of halogens is 2. The van der Waals surface area contributed by atoms with Gasteiger partial charge in [0.05, 0.1) is 21.9 Å². The number of aromatic nitrogens is 2. The van der Waals surface area contributed by atoms with Gasteiger partial charge in [0.2, 0.25) is 0 Å². The molecule has 0 atom stereocenters. The molecule has 0 aliphatic rings. The van der Waals surface area contributed by atoms with Crippen molar-refractivity contribution in [3.8, 4) is 5.69 Å². The number of hydrogen-bond acceptors (Lipinski definition) is 2. The van der Waals surface area contributed by atoms with E-state index < -0.39 is 0 Å². The third-order valence-corrected chi connectivity index (χ3v) is 2.56. The molecule has 14 heavy (non-hydrogen) atoms. The van der Waals surface area contributed by atoms with Gasteiger partial charge in [0.1, 0.15) is 5.82 Å². The number of nitrogens with zero attached hydrogens (tertiary/aromatic N) is 2. The first-order chi connectivity index (χ1) is 6.68. The largest absolute Gasteiger partial charge is 0.384 e. The van der Waals surface area contributed by atoms with Crippen LogP contribution in [0.5, 0.6) is 0 Å². The van der Waals surface area contributed by atoms with E-state index in [1.54, 1.807) is 35.1 Å². The van der Waals surface area contributed by atoms with Crippen molar-refractivity contribution in [3.05, 3.63) is 40.5 Å². The van der Waals surface area contributed by atoms with Gasteiger partial charge in [0.25, 0.3) is 0 Å². The average molecular weight is 228 g/mol. The number of rotatable bonds is 1. The van der Waals surface area contributed by atoms with Crippen LogP contribution in [0.25, 0.3) is 5.69 Å². The van der Waals surface area contributed by atoms with Gasteiger partial charge in [-0.25, -0.2) is 4.68 Å². The predicted molar refractivity (Wildman–Crippen MR) is 58.0 cm³/mol. The summed E-state index contributed by atoms with van der Waals surface area (Å²) in [5, 5.41) is 5.05. The smallest absolute Gasteiger partial charge is 0.127 e. The van der Waals surface area contributed by atoms with Gasteiger partial charge < -0.3 is 5.73 Å². The lowest BCUT2D eigenvalue weighted by Gasteiger charge is -2.04. The van der Waals surface area contributed by atoms with Crippen LogP contribution in [0.15, 0.2) is 30.5 Å². The van der Waals surface area contributed by atoms with Crippen molar-refractivity contribution in [2.75, 3.05) is 5.73 Å². The molecule has 0 unspecified atom stereocenters. The van der Waals surface area contributed by atoms with Gasteiger partial charge in [-0.2, -0.15) is 5.10 Å². The SMILES string of the molecule is Nc1ccnn1-c1ccc(Cl)c(Cl)c1. The van der Waals surface area contributed by atoms with Crippen molar-refractivity contribution in [3.63, 3.8) is 0 Å². The van der Waals surface area contributed by atoms with Gasteiger partial charge in [-0.1, -0.05) is 23.2 Å². The van der Waals surface area contributed by atoms with Crippen LogP contribution >= 0.6 is 23.2 Å². The third kappa shape index (κ3) is 1.56. The minimum absolute atomic E-state index is 0.485. The zero-order valence-electron chi connectivity index (χ0n) is 7.11. The van der Waals surface area contributed by atoms with Gasteiger partial charge in [0, 0.05) is 6.07 Å². The molecule has 2 rings (SSSR count). The Balaban J connectivity index is 2.53. The van der Waals surface area contributed by atoms with Crippen molar-refractivity contribution in [1.82, 2.24) is 9.78 Å². The Morgan fingerprint density at radius 3 is 2.50 bits per heavy atom. The minimum Gasteiger partial charge on any atom is -0.384 e. The topological polar surface area (TPSA) is 43.8 Å². The summed E-state index contributed by atoms with van der Waals surface area (Å²) in [6, 6.07) is 6.94. The van der Waals surface area contributed by atoms with Crippen LogP contribution in [-0.4, -0.2) is 9.78 Å². The number of anilines is 1. The Bertz CT molecular complexity index is 465. The molecule has 0 spiro atoms. The van der Waals surface area contributed by atoms with E-state index in [1.165, 1.54) is 0 Å². The Morgan fingerprint density at radius 2 is 1.93 bits per heavy atom. The second-order valence-corrected chi connectivity index (χ2v) is 3.58. The van der Waals surface area contributed by atoms with Crippen LogP contribution in [0, 0.1) is 0 Å². The molecule has 1 heterocycles. The van der Waals surface area contributed by atoms with Gasteiger partial charge >= 0.3 is 0 Å². The molecule has 0 saturated heterocycles. The minimum atomic E-state index is 0.485. The normalized spacial score (nSPS) is 10.4. The maximum Gasteiger partial charge on any atom is 0.127 e. The molecule has 3 nitrogen and oxygen atoms in total. The lowest BCUT2D eigenvalue weighted by Crippen LogP contribution is -2.01. The molecule has 0 fully saturated rings. The summed E-state index contributed by atoms with van der Waals surface area (Å²) in [6.07, 6.45) is 1.62. The second-order valence-electron chi connectivity index (χ2n) is 2.77. The summed E-state index contributed by atoms with van der Waals surface area (Å²) in [4.78, 5) is 0. The highest BCUT2D eigenvalue weighted by Gasteiger charge is 2.03. The van der Waals surface area contributed by atoms with Crippen molar-refractivity contribution >= 4 is 29.0 Å². The molecule has 72 valence electrons. The molecular weight excluding hydrogens is 221 g/mol. The van der Waals surface area contributed by atoms with Crippen LogP contribution in [0.3, 0.4) is 0 Å². The second kappa shape index (κ2) is 3.52. The molecule has 2 N–H and O–H groups in total. The summed E-state index contributed by atoms with van der Waals surface area (Å²) in [5.41, 5.74) is 6.48. The quantitative estimate of drug-likeness (QED) is 0.815. The molecule has 0 aliphatic carbocycles. The monoisotopic (exact) mass is 227 g/mol. The van der Waals surface area contributed by atoms with E-state index in [0.29, 0.717) is 15.9 Å². The Morgan fingerprint density at radius 1 is 1.14 bits per heavy atom. The number of benzene rings is 1. The van der Waals surface area contributed by atoms with Gasteiger partial charge in [0.15, 0.2) is 0 Å². The first-order valence-corrected chi connectivity index (χ1v) is 4.69. The van der Waals surface area contributed by atoms with Crippen LogP contribution in [0.1, 0.15) is 0 Å². The summed E-state index contributed by atoms with van der Waals surface area (Å²) in [5.74, 6) is 0.559. The molecule has 5 heteroatoms. The van der Waals surface area contributed by atoms with Gasteiger partial charge in [-0.05, 0) is 18.2 Å². The first kappa shape index (κ1) is 9.37. The fourth-order valence-corrected chi connectivity index (χ4v) is 1.44. The fourth-order valence-electron chi connectivity index (χ4n) is 1.15. The van der Waals surface area contributed by atoms with Crippen LogP contribution in [0.2, 0.25) is 10.0 Å². The number of hydrogen-bond donors (Lipinski definition) is 1. The predicted octanol–water partition coefficient (Wildman–Crippen LogP) is 2.76. The third-order valence-electron chi connectivity index (χ3n) is 1.82.